The van der Waals surface area contributed by atoms with Gasteiger partial charge in [0.25, 0.3) is 0 Å². The molecule has 2 nitrogen and oxygen atoms in total. The van der Waals surface area contributed by atoms with Crippen LogP contribution in [0.2, 0.25) is 0 Å². The van der Waals surface area contributed by atoms with Gasteiger partial charge in [-0.25, -0.2) is 0 Å². The Balaban J connectivity index is 0.000000581. The Hall–Kier alpha value is -0.890. The first-order valence-electron chi connectivity index (χ1n) is 6.78. The molecule has 2 heteroatoms. The minimum Gasteiger partial charge on any atom is -0.381 e. The number of aromatic nitrogens is 1. The van der Waals surface area contributed by atoms with Gasteiger partial charge in [-0.1, -0.05) is 27.7 Å². The maximum Gasteiger partial charge on any atom is 0.0535 e. The second kappa shape index (κ2) is 9.17. The highest BCUT2D eigenvalue weighted by atomic mass is 16.5. The summed E-state index contributed by atoms with van der Waals surface area (Å²) in [5.74, 6) is 0.599. The van der Waals surface area contributed by atoms with E-state index >= 15 is 0 Å². The number of hydrogen-bond acceptors (Lipinski definition) is 2. The second-order valence-electron chi connectivity index (χ2n) is 3.74. The van der Waals surface area contributed by atoms with Crippen molar-refractivity contribution in [2.75, 3.05) is 13.2 Å². The molecule has 1 fully saturated rings. The van der Waals surface area contributed by atoms with Gasteiger partial charge in [-0.15, -0.1) is 0 Å². The molecular weight excluding hydrogens is 210 g/mol. The van der Waals surface area contributed by atoms with Crippen molar-refractivity contribution >= 4 is 0 Å². The van der Waals surface area contributed by atoms with Crippen LogP contribution >= 0.6 is 0 Å². The summed E-state index contributed by atoms with van der Waals surface area (Å²) in [5, 5.41) is 0. The van der Waals surface area contributed by atoms with Crippen molar-refractivity contribution in [3.8, 4) is 0 Å². The molecule has 1 aromatic rings. The van der Waals surface area contributed by atoms with Crippen LogP contribution in [0.5, 0.6) is 0 Å². The maximum absolute atomic E-state index is 5.39. The number of rotatable bonds is 1. The summed E-state index contributed by atoms with van der Waals surface area (Å²) in [4.78, 5) is 4.27. The number of hydrogen-bond donors (Lipinski definition) is 0. The fourth-order valence-corrected chi connectivity index (χ4v) is 1.87. The van der Waals surface area contributed by atoms with Crippen molar-refractivity contribution in [1.82, 2.24) is 4.98 Å². The van der Waals surface area contributed by atoms with Gasteiger partial charge in [0.05, 0.1) is 6.61 Å². The summed E-state index contributed by atoms with van der Waals surface area (Å²) >= 11 is 0. The first-order valence-corrected chi connectivity index (χ1v) is 6.78. The average molecular weight is 237 g/mol. The molecule has 0 saturated carbocycles. The van der Waals surface area contributed by atoms with Gasteiger partial charge in [0.2, 0.25) is 0 Å². The summed E-state index contributed by atoms with van der Waals surface area (Å²) < 4.78 is 5.39. The van der Waals surface area contributed by atoms with Gasteiger partial charge < -0.3 is 4.74 Å². The van der Waals surface area contributed by atoms with E-state index in [1.54, 1.807) is 0 Å². The van der Waals surface area contributed by atoms with E-state index in [4.69, 9.17) is 4.74 Å². The number of aryl methyl sites for hydroxylation is 2. The third-order valence-corrected chi connectivity index (χ3v) is 2.65. The van der Waals surface area contributed by atoms with Gasteiger partial charge >= 0.3 is 0 Å². The lowest BCUT2D eigenvalue weighted by Crippen LogP contribution is -2.01. The highest BCUT2D eigenvalue weighted by Gasteiger charge is 2.19. The van der Waals surface area contributed by atoms with Gasteiger partial charge in [0, 0.05) is 24.4 Å². The van der Waals surface area contributed by atoms with Gasteiger partial charge in [0.1, 0.15) is 0 Å². The van der Waals surface area contributed by atoms with Crippen LogP contribution < -0.4 is 0 Å². The molecule has 0 spiro atoms. The van der Waals surface area contributed by atoms with Crippen molar-refractivity contribution in [2.24, 2.45) is 0 Å². The van der Waals surface area contributed by atoms with Gasteiger partial charge in [-0.3, -0.25) is 4.98 Å². The highest BCUT2D eigenvalue weighted by Crippen LogP contribution is 2.27. The van der Waals surface area contributed by atoms with Crippen LogP contribution in [0.4, 0.5) is 0 Å². The molecule has 0 bridgehead atoms. The normalized spacial score (nSPS) is 17.6. The SMILES string of the molecule is CC.CC.Cc1cc(C2CCOC2)c(C)cn1. The van der Waals surface area contributed by atoms with Crippen molar-refractivity contribution in [2.45, 2.75) is 53.9 Å². The van der Waals surface area contributed by atoms with E-state index in [-0.39, 0.29) is 0 Å². The smallest absolute Gasteiger partial charge is 0.0535 e. The number of pyridine rings is 1. The molecular formula is C15H27NO. The fraction of sp³-hybridized carbons (Fsp3) is 0.667. The standard InChI is InChI=1S/C11H15NO.2C2H6/c1-8-6-12-9(2)5-11(8)10-3-4-13-7-10;2*1-2/h5-6,10H,3-4,7H2,1-2H3;2*1-2H3. The van der Waals surface area contributed by atoms with Crippen LogP contribution in [0.3, 0.4) is 0 Å². The van der Waals surface area contributed by atoms with Crippen LogP contribution in [-0.4, -0.2) is 18.2 Å². The zero-order chi connectivity index (χ0) is 13.3. The third kappa shape index (κ3) is 4.86. The molecule has 1 aromatic heterocycles. The van der Waals surface area contributed by atoms with Crippen molar-refractivity contribution in [3.05, 3.63) is 29.1 Å². The summed E-state index contributed by atoms with van der Waals surface area (Å²) in [7, 11) is 0. The van der Waals surface area contributed by atoms with E-state index in [0.717, 1.165) is 25.3 Å². The van der Waals surface area contributed by atoms with Gasteiger partial charge in [-0.2, -0.15) is 0 Å². The monoisotopic (exact) mass is 237 g/mol. The topological polar surface area (TPSA) is 22.1 Å². The molecule has 98 valence electrons. The Labute approximate surface area is 106 Å². The van der Waals surface area contributed by atoms with Gasteiger partial charge in [0.15, 0.2) is 0 Å². The average Bonchev–Trinajstić information content (AvgIpc) is 2.91. The Morgan fingerprint density at radius 3 is 2.35 bits per heavy atom. The van der Waals surface area contributed by atoms with Crippen LogP contribution in [0.1, 0.15) is 56.9 Å². The largest absolute Gasteiger partial charge is 0.381 e. The van der Waals surface area contributed by atoms with E-state index in [2.05, 4.69) is 18.0 Å². The van der Waals surface area contributed by atoms with E-state index in [1.165, 1.54) is 11.1 Å². The highest BCUT2D eigenvalue weighted by molar-refractivity contribution is 5.29. The minimum absolute atomic E-state index is 0.599. The number of ether oxygens (including phenoxy) is 1. The van der Waals surface area contributed by atoms with E-state index in [1.807, 2.05) is 40.8 Å². The molecule has 0 radical (unpaired) electrons. The molecule has 1 aliphatic rings. The predicted molar refractivity (Wildman–Crippen MR) is 74.6 cm³/mol. The van der Waals surface area contributed by atoms with Crippen LogP contribution in [0.15, 0.2) is 12.3 Å². The molecule has 0 amide bonds. The van der Waals surface area contributed by atoms with Crippen LogP contribution in [-0.2, 0) is 4.74 Å². The molecule has 2 heterocycles. The Morgan fingerprint density at radius 2 is 1.82 bits per heavy atom. The van der Waals surface area contributed by atoms with Crippen LogP contribution in [0, 0.1) is 13.8 Å². The molecule has 17 heavy (non-hydrogen) atoms. The molecule has 1 aliphatic heterocycles. The van der Waals surface area contributed by atoms with E-state index in [0.29, 0.717) is 5.92 Å². The zero-order valence-corrected chi connectivity index (χ0v) is 12.2. The molecule has 1 atom stereocenters. The molecule has 0 aliphatic carbocycles. The second-order valence-corrected chi connectivity index (χ2v) is 3.74. The van der Waals surface area contributed by atoms with Gasteiger partial charge in [-0.05, 0) is 37.5 Å². The fourth-order valence-electron chi connectivity index (χ4n) is 1.87. The number of nitrogens with zero attached hydrogens (tertiary/aromatic N) is 1. The lowest BCUT2D eigenvalue weighted by molar-refractivity contribution is 0.194. The molecule has 0 N–H and O–H groups in total. The first kappa shape index (κ1) is 16.1. The Bertz CT molecular complexity index is 304. The van der Waals surface area contributed by atoms with Crippen molar-refractivity contribution < 1.29 is 4.74 Å². The zero-order valence-electron chi connectivity index (χ0n) is 12.2. The van der Waals surface area contributed by atoms with E-state index in [9.17, 15) is 0 Å². The molecule has 2 rings (SSSR count). The lowest BCUT2D eigenvalue weighted by Gasteiger charge is -2.11. The van der Waals surface area contributed by atoms with Crippen molar-refractivity contribution in [3.63, 3.8) is 0 Å². The summed E-state index contributed by atoms with van der Waals surface area (Å²) in [6, 6.07) is 2.19. The maximum atomic E-state index is 5.39. The third-order valence-electron chi connectivity index (χ3n) is 2.65. The quantitative estimate of drug-likeness (QED) is 0.728. The van der Waals surface area contributed by atoms with Crippen LogP contribution in [0.25, 0.3) is 0 Å². The molecule has 0 aromatic carbocycles. The Kier molecular flexibility index (Phi) is 8.69. The Morgan fingerprint density at radius 1 is 1.18 bits per heavy atom. The predicted octanol–water partition coefficient (Wildman–Crippen LogP) is 4.25. The molecule has 1 unspecified atom stereocenters. The summed E-state index contributed by atoms with van der Waals surface area (Å²) in [6.45, 7) is 14.0. The van der Waals surface area contributed by atoms with Crippen molar-refractivity contribution in [1.29, 1.82) is 0 Å². The van der Waals surface area contributed by atoms with E-state index < -0.39 is 0 Å². The minimum atomic E-state index is 0.599. The lowest BCUT2D eigenvalue weighted by atomic mass is 9.95. The summed E-state index contributed by atoms with van der Waals surface area (Å²) in [5.41, 5.74) is 3.82. The molecule has 1 saturated heterocycles. The first-order chi connectivity index (χ1) is 8.27. The summed E-state index contributed by atoms with van der Waals surface area (Å²) in [6.07, 6.45) is 3.12.